The monoisotopic (exact) mass is 328 g/mol. The maximum atomic E-state index is 11.5. The number of aliphatic hydroxyl groups excluding tert-OH is 1. The third-order valence-corrected chi connectivity index (χ3v) is 3.12. The van der Waals surface area contributed by atoms with Crippen LogP contribution in [-0.4, -0.2) is 24.3 Å². The number of hydrogen-bond donors (Lipinski definition) is 1. The largest absolute Gasteiger partial charge is 0.488 e. The lowest BCUT2D eigenvalue weighted by molar-refractivity contribution is -0.153. The van der Waals surface area contributed by atoms with Crippen molar-refractivity contribution in [3.8, 4) is 5.75 Å². The molecule has 0 saturated carbocycles. The van der Waals surface area contributed by atoms with Crippen molar-refractivity contribution >= 4 is 21.9 Å². The molecule has 1 aromatic carbocycles. The van der Waals surface area contributed by atoms with Gasteiger partial charge in [-0.25, -0.2) is 4.79 Å². The van der Waals surface area contributed by atoms with Crippen molar-refractivity contribution in [2.75, 3.05) is 13.2 Å². The Balaban J connectivity index is 2.93. The molecule has 0 fully saturated rings. The first-order valence-electron chi connectivity index (χ1n) is 5.87. The van der Waals surface area contributed by atoms with E-state index in [1.165, 1.54) is 0 Å². The van der Waals surface area contributed by atoms with Crippen molar-refractivity contribution in [2.24, 2.45) is 0 Å². The summed E-state index contributed by atoms with van der Waals surface area (Å²) in [5, 5.41) is 9.93. The maximum Gasteiger partial charge on any atom is 0.339 e. The van der Waals surface area contributed by atoms with Crippen LogP contribution in [0.5, 0.6) is 5.75 Å². The van der Waals surface area contributed by atoms with Crippen LogP contribution in [0, 0.1) is 0 Å². The van der Waals surface area contributed by atoms with E-state index < -0.39 is 12.1 Å². The van der Waals surface area contributed by atoms with Crippen LogP contribution in [0.2, 0.25) is 0 Å². The predicted octanol–water partition coefficient (Wildman–Crippen LogP) is 3.00. The molecular formula is C14H17BrO4. The van der Waals surface area contributed by atoms with Crippen LogP contribution in [0.4, 0.5) is 0 Å². The highest BCUT2D eigenvalue weighted by molar-refractivity contribution is 9.10. The van der Waals surface area contributed by atoms with E-state index >= 15 is 0 Å². The minimum absolute atomic E-state index is 0.222. The summed E-state index contributed by atoms with van der Waals surface area (Å²) in [6.45, 7) is 7.88. The van der Waals surface area contributed by atoms with Crippen LogP contribution in [-0.2, 0) is 9.53 Å². The van der Waals surface area contributed by atoms with Crippen molar-refractivity contribution in [3.05, 3.63) is 40.4 Å². The van der Waals surface area contributed by atoms with Crippen molar-refractivity contribution in [2.45, 2.75) is 20.0 Å². The van der Waals surface area contributed by atoms with E-state index in [0.29, 0.717) is 22.4 Å². The Morgan fingerprint density at radius 3 is 2.79 bits per heavy atom. The zero-order valence-electron chi connectivity index (χ0n) is 11.0. The van der Waals surface area contributed by atoms with Gasteiger partial charge in [0.25, 0.3) is 0 Å². The third-order valence-electron chi connectivity index (χ3n) is 2.27. The quantitative estimate of drug-likeness (QED) is 0.644. The summed E-state index contributed by atoms with van der Waals surface area (Å²) in [7, 11) is 0. The number of rotatable bonds is 6. The van der Waals surface area contributed by atoms with Crippen molar-refractivity contribution < 1.29 is 19.4 Å². The van der Waals surface area contributed by atoms with E-state index in [-0.39, 0.29) is 6.61 Å². The lowest BCUT2D eigenvalue weighted by Crippen LogP contribution is -2.16. The van der Waals surface area contributed by atoms with E-state index in [1.807, 2.05) is 6.92 Å². The second kappa shape index (κ2) is 7.31. The van der Waals surface area contributed by atoms with Gasteiger partial charge < -0.3 is 14.6 Å². The molecule has 0 aliphatic carbocycles. The lowest BCUT2D eigenvalue weighted by atomic mass is 10.1. The van der Waals surface area contributed by atoms with E-state index in [1.54, 1.807) is 25.1 Å². The molecule has 1 aromatic rings. The number of esters is 1. The smallest absolute Gasteiger partial charge is 0.339 e. The molecule has 0 bridgehead atoms. The van der Waals surface area contributed by atoms with Gasteiger partial charge in [0.05, 0.1) is 11.1 Å². The highest BCUT2D eigenvalue weighted by atomic mass is 79.9. The lowest BCUT2D eigenvalue weighted by Gasteiger charge is -2.15. The van der Waals surface area contributed by atoms with E-state index in [2.05, 4.69) is 22.5 Å². The summed E-state index contributed by atoms with van der Waals surface area (Å²) in [6, 6.07) is 5.09. The Kier molecular flexibility index (Phi) is 6.05. The number of aliphatic hydroxyl groups is 1. The molecule has 104 valence electrons. The van der Waals surface area contributed by atoms with E-state index in [4.69, 9.17) is 9.47 Å². The van der Waals surface area contributed by atoms with Crippen LogP contribution >= 0.6 is 15.9 Å². The molecule has 1 N–H and O–H groups in total. The van der Waals surface area contributed by atoms with Gasteiger partial charge in [0.15, 0.2) is 6.10 Å². The molecule has 5 heteroatoms. The summed E-state index contributed by atoms with van der Waals surface area (Å²) in [5.74, 6) is -0.135. The van der Waals surface area contributed by atoms with Crippen LogP contribution in [0.25, 0.3) is 0 Å². The van der Waals surface area contributed by atoms with Gasteiger partial charge in [0.1, 0.15) is 12.4 Å². The highest BCUT2D eigenvalue weighted by Crippen LogP contribution is 2.33. The van der Waals surface area contributed by atoms with Crippen LogP contribution < -0.4 is 4.74 Å². The molecule has 0 heterocycles. The average Bonchev–Trinajstić information content (AvgIpc) is 2.37. The zero-order chi connectivity index (χ0) is 14.4. The van der Waals surface area contributed by atoms with Gasteiger partial charge in [0, 0.05) is 5.56 Å². The summed E-state index contributed by atoms with van der Waals surface area (Å²) in [5.41, 5.74) is 1.29. The third kappa shape index (κ3) is 4.36. The number of halogens is 1. The molecule has 19 heavy (non-hydrogen) atoms. The molecule has 0 aliphatic rings. The summed E-state index contributed by atoms with van der Waals surface area (Å²) in [6.07, 6.45) is -1.33. The first-order valence-corrected chi connectivity index (χ1v) is 6.67. The van der Waals surface area contributed by atoms with Gasteiger partial charge in [-0.05, 0) is 41.4 Å². The van der Waals surface area contributed by atoms with Gasteiger partial charge in [-0.3, -0.25) is 0 Å². The molecule has 0 spiro atoms. The Hall–Kier alpha value is -1.33. The van der Waals surface area contributed by atoms with Crippen molar-refractivity contribution in [1.82, 2.24) is 0 Å². The molecule has 0 aliphatic heterocycles. The minimum Gasteiger partial charge on any atom is -0.488 e. The maximum absolute atomic E-state index is 11.5. The molecular weight excluding hydrogens is 312 g/mol. The SMILES string of the molecule is C=C(C)COc1cccc(C(O)C(=O)OCC)c1Br. The normalized spacial score (nSPS) is 11.8. The molecule has 0 amide bonds. The fourth-order valence-electron chi connectivity index (χ4n) is 1.40. The Morgan fingerprint density at radius 1 is 1.53 bits per heavy atom. The second-order valence-electron chi connectivity index (χ2n) is 4.06. The van der Waals surface area contributed by atoms with Gasteiger partial charge >= 0.3 is 5.97 Å². The highest BCUT2D eigenvalue weighted by Gasteiger charge is 2.22. The van der Waals surface area contributed by atoms with Crippen LogP contribution in [0.3, 0.4) is 0 Å². The standard InChI is InChI=1S/C14H17BrO4/c1-4-18-14(17)13(16)10-6-5-7-11(12(10)15)19-8-9(2)3/h5-7,13,16H,2,4,8H2,1,3H3. The summed E-state index contributed by atoms with van der Waals surface area (Å²) in [4.78, 5) is 11.5. The Labute approximate surface area is 121 Å². The first-order chi connectivity index (χ1) is 8.97. The molecule has 0 saturated heterocycles. The number of carbonyl (C=O) groups excluding carboxylic acids is 1. The van der Waals surface area contributed by atoms with Crippen LogP contribution in [0.15, 0.2) is 34.8 Å². The van der Waals surface area contributed by atoms with E-state index in [9.17, 15) is 9.90 Å². The first kappa shape index (κ1) is 15.7. The van der Waals surface area contributed by atoms with Crippen LogP contribution in [0.1, 0.15) is 25.5 Å². The number of carbonyl (C=O) groups is 1. The Bertz CT molecular complexity index is 471. The number of ether oxygens (including phenoxy) is 2. The molecule has 1 unspecified atom stereocenters. The minimum atomic E-state index is -1.33. The fourth-order valence-corrected chi connectivity index (χ4v) is 2.00. The number of benzene rings is 1. The van der Waals surface area contributed by atoms with Gasteiger partial charge in [-0.1, -0.05) is 18.7 Å². The van der Waals surface area contributed by atoms with Gasteiger partial charge in [0.2, 0.25) is 0 Å². The average molecular weight is 329 g/mol. The molecule has 0 aromatic heterocycles. The fraction of sp³-hybridized carbons (Fsp3) is 0.357. The van der Waals surface area contributed by atoms with Crippen molar-refractivity contribution in [1.29, 1.82) is 0 Å². The van der Waals surface area contributed by atoms with E-state index in [0.717, 1.165) is 5.57 Å². The van der Waals surface area contributed by atoms with Gasteiger partial charge in [-0.2, -0.15) is 0 Å². The van der Waals surface area contributed by atoms with Gasteiger partial charge in [-0.15, -0.1) is 0 Å². The Morgan fingerprint density at radius 2 is 2.21 bits per heavy atom. The molecule has 0 radical (unpaired) electrons. The zero-order valence-corrected chi connectivity index (χ0v) is 12.6. The molecule has 4 nitrogen and oxygen atoms in total. The molecule has 1 rings (SSSR count). The molecule has 1 atom stereocenters. The van der Waals surface area contributed by atoms with Crippen molar-refractivity contribution in [3.63, 3.8) is 0 Å². The summed E-state index contributed by atoms with van der Waals surface area (Å²) >= 11 is 3.33. The summed E-state index contributed by atoms with van der Waals surface area (Å²) < 4.78 is 10.8. The number of hydrogen-bond acceptors (Lipinski definition) is 4. The second-order valence-corrected chi connectivity index (χ2v) is 4.85. The topological polar surface area (TPSA) is 55.8 Å². The predicted molar refractivity (Wildman–Crippen MR) is 76.0 cm³/mol.